The van der Waals surface area contributed by atoms with Gasteiger partial charge in [-0.15, -0.1) is 11.3 Å². The number of aryl methyl sites for hydroxylation is 1. The van der Waals surface area contributed by atoms with Gasteiger partial charge in [-0.3, -0.25) is 0 Å². The minimum atomic E-state index is 0.706. The topological polar surface area (TPSA) is 38.1 Å². The summed E-state index contributed by atoms with van der Waals surface area (Å²) in [6.45, 7) is 0.827. The predicted molar refractivity (Wildman–Crippen MR) is 79.5 cm³/mol. The zero-order chi connectivity index (χ0) is 12.7. The van der Waals surface area contributed by atoms with Crippen molar-refractivity contribution >= 4 is 23.1 Å². The molecule has 3 nitrogen and oxygen atoms in total. The quantitative estimate of drug-likeness (QED) is 0.936. The first-order valence-electron chi connectivity index (χ1n) is 6.75. The first-order valence-corrected chi connectivity index (χ1v) is 8.73. The molecule has 1 N–H and O–H groups in total. The molecule has 100 valence electrons. The second kappa shape index (κ2) is 4.96. The fourth-order valence-corrected chi connectivity index (χ4v) is 4.77. The van der Waals surface area contributed by atoms with E-state index in [0.717, 1.165) is 23.8 Å². The monoisotopic (exact) mass is 292 g/mol. The molecule has 0 unspecified atom stereocenters. The van der Waals surface area contributed by atoms with Crippen LogP contribution in [0.15, 0.2) is 16.9 Å². The molecule has 0 radical (unpaired) electrons. The summed E-state index contributed by atoms with van der Waals surface area (Å²) in [5.41, 5.74) is 2.55. The number of hydrogen-bond acceptors (Lipinski definition) is 5. The maximum atomic E-state index is 5.63. The van der Waals surface area contributed by atoms with E-state index in [1.807, 2.05) is 23.1 Å². The van der Waals surface area contributed by atoms with Crippen LogP contribution in [0.1, 0.15) is 29.0 Å². The van der Waals surface area contributed by atoms with Gasteiger partial charge in [0.05, 0.1) is 4.88 Å². The lowest BCUT2D eigenvalue weighted by atomic mass is 10.2. The van der Waals surface area contributed by atoms with Crippen molar-refractivity contribution in [2.75, 3.05) is 5.75 Å². The van der Waals surface area contributed by atoms with Gasteiger partial charge in [-0.25, -0.2) is 4.98 Å². The zero-order valence-corrected chi connectivity index (χ0v) is 12.3. The van der Waals surface area contributed by atoms with Gasteiger partial charge >= 0.3 is 0 Å². The molecule has 2 aromatic rings. The van der Waals surface area contributed by atoms with Crippen LogP contribution >= 0.6 is 23.1 Å². The van der Waals surface area contributed by atoms with Crippen LogP contribution in [0.25, 0.3) is 10.6 Å². The van der Waals surface area contributed by atoms with Crippen molar-refractivity contribution < 1.29 is 4.42 Å². The second-order valence-corrected chi connectivity index (χ2v) is 7.39. The molecular weight excluding hydrogens is 276 g/mol. The van der Waals surface area contributed by atoms with Crippen molar-refractivity contribution in [2.24, 2.45) is 0 Å². The van der Waals surface area contributed by atoms with Crippen LogP contribution in [0.4, 0.5) is 0 Å². The highest BCUT2D eigenvalue weighted by atomic mass is 32.2. The van der Waals surface area contributed by atoms with Crippen molar-refractivity contribution in [1.82, 2.24) is 10.3 Å². The Labute approximate surface area is 120 Å². The first-order chi connectivity index (χ1) is 9.40. The Balaban J connectivity index is 1.60. The first kappa shape index (κ1) is 12.0. The number of nitrogens with one attached hydrogen (secondary N) is 1. The molecule has 4 rings (SSSR count). The van der Waals surface area contributed by atoms with E-state index in [0.29, 0.717) is 6.04 Å². The van der Waals surface area contributed by atoms with Gasteiger partial charge in [-0.05, 0) is 36.6 Å². The summed E-state index contributed by atoms with van der Waals surface area (Å²) >= 11 is 3.91. The fourth-order valence-electron chi connectivity index (χ4n) is 2.38. The van der Waals surface area contributed by atoms with Gasteiger partial charge in [-0.2, -0.15) is 11.8 Å². The smallest absolute Gasteiger partial charge is 0.181 e. The standard InChI is InChI=1S/C14H16N2OS2/c1-2-10(1)15-6-11-14(17-8-16-11)13-5-9-7-18-4-3-12(9)19-13/h5,8,10,15H,1-4,6-7H2. The summed E-state index contributed by atoms with van der Waals surface area (Å²) in [6, 6.07) is 3.00. The molecule has 1 fully saturated rings. The molecule has 0 aromatic carbocycles. The summed E-state index contributed by atoms with van der Waals surface area (Å²) < 4.78 is 5.63. The number of hydrogen-bond donors (Lipinski definition) is 1. The van der Waals surface area contributed by atoms with Crippen LogP contribution in [0.5, 0.6) is 0 Å². The summed E-state index contributed by atoms with van der Waals surface area (Å²) in [6.07, 6.45) is 5.39. The molecule has 1 saturated carbocycles. The molecule has 1 aliphatic carbocycles. The van der Waals surface area contributed by atoms with Crippen molar-refractivity contribution in [3.63, 3.8) is 0 Å². The Bertz CT molecular complexity index is 563. The molecule has 5 heteroatoms. The van der Waals surface area contributed by atoms with E-state index in [4.69, 9.17) is 4.42 Å². The van der Waals surface area contributed by atoms with Crippen molar-refractivity contribution in [3.05, 3.63) is 28.6 Å². The average Bonchev–Trinajstić information content (AvgIpc) is 3.00. The molecule has 1 aliphatic heterocycles. The molecule has 0 bridgehead atoms. The van der Waals surface area contributed by atoms with Crippen LogP contribution in [-0.2, 0) is 18.7 Å². The van der Waals surface area contributed by atoms with Gasteiger partial charge in [0.25, 0.3) is 0 Å². The molecule has 0 atom stereocenters. The Morgan fingerprint density at radius 3 is 3.21 bits per heavy atom. The van der Waals surface area contributed by atoms with Gasteiger partial charge in [0.2, 0.25) is 0 Å². The highest BCUT2D eigenvalue weighted by Gasteiger charge is 2.23. The summed E-state index contributed by atoms with van der Waals surface area (Å²) in [5.74, 6) is 3.37. The molecule has 0 saturated heterocycles. The van der Waals surface area contributed by atoms with Gasteiger partial charge in [0.15, 0.2) is 12.2 Å². The van der Waals surface area contributed by atoms with Crippen molar-refractivity contribution in [1.29, 1.82) is 0 Å². The van der Waals surface area contributed by atoms with Gasteiger partial charge in [-0.1, -0.05) is 0 Å². The Hall–Kier alpha value is -0.780. The Morgan fingerprint density at radius 2 is 2.37 bits per heavy atom. The molecular formula is C14H16N2OS2. The SMILES string of the molecule is c1nc(CNC2CC2)c(-c2cc3c(s2)CCSC3)o1. The number of thiophene rings is 1. The third-order valence-electron chi connectivity index (χ3n) is 3.63. The maximum Gasteiger partial charge on any atom is 0.181 e. The summed E-state index contributed by atoms with van der Waals surface area (Å²) in [5, 5.41) is 3.51. The highest BCUT2D eigenvalue weighted by molar-refractivity contribution is 7.98. The fraction of sp³-hybridized carbons (Fsp3) is 0.500. The number of rotatable bonds is 4. The predicted octanol–water partition coefficient (Wildman–Crippen LogP) is 3.44. The number of aromatic nitrogens is 1. The van der Waals surface area contributed by atoms with Crippen LogP contribution in [0.3, 0.4) is 0 Å². The molecule has 19 heavy (non-hydrogen) atoms. The lowest BCUT2D eigenvalue weighted by molar-refractivity contribution is 0.570. The van der Waals surface area contributed by atoms with Gasteiger partial charge in [0, 0.05) is 23.2 Å². The lowest BCUT2D eigenvalue weighted by Crippen LogP contribution is -2.15. The third-order valence-corrected chi connectivity index (χ3v) is 5.87. The summed E-state index contributed by atoms with van der Waals surface area (Å²) in [4.78, 5) is 7.15. The van der Waals surface area contributed by atoms with Crippen molar-refractivity contribution in [3.8, 4) is 10.6 Å². The van der Waals surface area contributed by atoms with E-state index < -0.39 is 0 Å². The van der Waals surface area contributed by atoms with Crippen LogP contribution in [0.2, 0.25) is 0 Å². The minimum absolute atomic E-state index is 0.706. The summed E-state index contributed by atoms with van der Waals surface area (Å²) in [7, 11) is 0. The molecule has 2 aromatic heterocycles. The highest BCUT2D eigenvalue weighted by Crippen LogP contribution is 2.38. The normalized spacial score (nSPS) is 18.5. The molecule has 0 spiro atoms. The van der Waals surface area contributed by atoms with E-state index in [1.165, 1.54) is 40.3 Å². The molecule has 0 amide bonds. The van der Waals surface area contributed by atoms with E-state index in [2.05, 4.69) is 16.4 Å². The number of thioether (sulfide) groups is 1. The molecule has 3 heterocycles. The van der Waals surface area contributed by atoms with Gasteiger partial charge < -0.3 is 9.73 Å². The number of fused-ring (bicyclic) bond motifs is 1. The van der Waals surface area contributed by atoms with Crippen LogP contribution < -0.4 is 5.32 Å². The minimum Gasteiger partial charge on any atom is -0.442 e. The average molecular weight is 292 g/mol. The van der Waals surface area contributed by atoms with E-state index in [-0.39, 0.29) is 0 Å². The van der Waals surface area contributed by atoms with Crippen molar-refractivity contribution in [2.45, 2.75) is 37.6 Å². The van der Waals surface area contributed by atoms with E-state index in [9.17, 15) is 0 Å². The number of oxazole rings is 1. The molecule has 2 aliphatic rings. The third kappa shape index (κ3) is 2.47. The Morgan fingerprint density at radius 1 is 1.42 bits per heavy atom. The lowest BCUT2D eigenvalue weighted by Gasteiger charge is -2.08. The number of nitrogens with zero attached hydrogens (tertiary/aromatic N) is 1. The maximum absolute atomic E-state index is 5.63. The zero-order valence-electron chi connectivity index (χ0n) is 10.6. The Kier molecular flexibility index (Phi) is 3.13. The van der Waals surface area contributed by atoms with E-state index >= 15 is 0 Å². The van der Waals surface area contributed by atoms with Crippen LogP contribution in [0, 0.1) is 0 Å². The second-order valence-electron chi connectivity index (χ2n) is 5.15. The van der Waals surface area contributed by atoms with Crippen LogP contribution in [-0.4, -0.2) is 16.8 Å². The largest absolute Gasteiger partial charge is 0.442 e. The van der Waals surface area contributed by atoms with Gasteiger partial charge in [0.1, 0.15) is 5.69 Å². The van der Waals surface area contributed by atoms with E-state index in [1.54, 1.807) is 6.39 Å².